The quantitative estimate of drug-likeness (QED) is 0.700. The average Bonchev–Trinajstić information content (AvgIpc) is 3.05. The molecule has 1 aromatic carbocycles. The maximum atomic E-state index is 5.14. The fourth-order valence-electron chi connectivity index (χ4n) is 2.86. The van der Waals surface area contributed by atoms with Crippen molar-refractivity contribution in [2.24, 2.45) is 0 Å². The molecule has 0 unspecified atom stereocenters. The van der Waals surface area contributed by atoms with Crippen molar-refractivity contribution in [1.29, 1.82) is 0 Å². The van der Waals surface area contributed by atoms with E-state index in [2.05, 4.69) is 47.5 Å². The van der Waals surface area contributed by atoms with E-state index < -0.39 is 0 Å². The summed E-state index contributed by atoms with van der Waals surface area (Å²) >= 11 is 0. The van der Waals surface area contributed by atoms with Gasteiger partial charge in [0, 0.05) is 37.2 Å². The first-order chi connectivity index (χ1) is 12.6. The van der Waals surface area contributed by atoms with Gasteiger partial charge in [-0.3, -0.25) is 0 Å². The maximum absolute atomic E-state index is 5.14. The normalized spacial score (nSPS) is 11.1. The van der Waals surface area contributed by atoms with E-state index >= 15 is 0 Å². The Kier molecular flexibility index (Phi) is 5.63. The number of ether oxygens (including phenoxy) is 1. The lowest BCUT2D eigenvalue weighted by Crippen LogP contribution is -2.07. The Bertz CT molecular complexity index is 858. The van der Waals surface area contributed by atoms with E-state index in [1.54, 1.807) is 7.11 Å². The molecule has 0 aliphatic carbocycles. The maximum Gasteiger partial charge on any atom is 0.156 e. The van der Waals surface area contributed by atoms with Crippen molar-refractivity contribution in [3.8, 4) is 5.69 Å². The van der Waals surface area contributed by atoms with Crippen molar-refractivity contribution in [2.45, 2.75) is 39.8 Å². The highest BCUT2D eigenvalue weighted by Gasteiger charge is 2.13. The number of hydrogen-bond acceptors (Lipinski definition) is 5. The molecule has 0 spiro atoms. The summed E-state index contributed by atoms with van der Waals surface area (Å²) < 4.78 is 7.08. The van der Waals surface area contributed by atoms with Gasteiger partial charge in [0.1, 0.15) is 12.4 Å². The minimum Gasteiger partial charge on any atom is -0.377 e. The van der Waals surface area contributed by atoms with Crippen molar-refractivity contribution in [2.75, 3.05) is 12.4 Å². The molecule has 3 rings (SSSR count). The molecule has 136 valence electrons. The van der Waals surface area contributed by atoms with Crippen LogP contribution in [0.2, 0.25) is 0 Å². The van der Waals surface area contributed by atoms with Gasteiger partial charge in [0.15, 0.2) is 5.82 Å². The van der Waals surface area contributed by atoms with Crippen LogP contribution < -0.4 is 5.32 Å². The zero-order chi connectivity index (χ0) is 18.5. The van der Waals surface area contributed by atoms with E-state index in [0.717, 1.165) is 28.5 Å². The minimum atomic E-state index is 0.341. The second-order valence-corrected chi connectivity index (χ2v) is 6.57. The second kappa shape index (κ2) is 8.10. The molecule has 3 aromatic rings. The lowest BCUT2D eigenvalue weighted by atomic mass is 10.1. The Hall–Kier alpha value is -2.73. The molecule has 0 aliphatic heterocycles. The van der Waals surface area contributed by atoms with Gasteiger partial charge >= 0.3 is 0 Å². The van der Waals surface area contributed by atoms with E-state index in [9.17, 15) is 0 Å². The number of aryl methyl sites for hydroxylation is 1. The van der Waals surface area contributed by atoms with Crippen molar-refractivity contribution >= 4 is 5.82 Å². The fraction of sp³-hybridized carbons (Fsp3) is 0.350. The predicted molar refractivity (Wildman–Crippen MR) is 102 cm³/mol. The molecule has 0 atom stereocenters. The van der Waals surface area contributed by atoms with Crippen LogP contribution in [0.15, 0.2) is 42.6 Å². The fourth-order valence-corrected chi connectivity index (χ4v) is 2.86. The third-order valence-corrected chi connectivity index (χ3v) is 4.02. The molecule has 0 fully saturated rings. The number of rotatable bonds is 7. The third kappa shape index (κ3) is 4.26. The highest BCUT2D eigenvalue weighted by molar-refractivity contribution is 5.39. The number of nitrogens with one attached hydrogen (secondary N) is 1. The van der Waals surface area contributed by atoms with Gasteiger partial charge in [0.2, 0.25) is 0 Å². The average molecular weight is 351 g/mol. The van der Waals surface area contributed by atoms with E-state index in [-0.39, 0.29) is 0 Å². The monoisotopic (exact) mass is 351 g/mol. The van der Waals surface area contributed by atoms with Crippen molar-refractivity contribution in [3.05, 3.63) is 65.4 Å². The molecule has 2 aromatic heterocycles. The number of para-hydroxylation sites is 1. The summed E-state index contributed by atoms with van der Waals surface area (Å²) in [5.74, 6) is 1.82. The first kappa shape index (κ1) is 18.1. The van der Waals surface area contributed by atoms with Crippen LogP contribution in [0.5, 0.6) is 0 Å². The minimum absolute atomic E-state index is 0.341. The smallest absolute Gasteiger partial charge is 0.156 e. The summed E-state index contributed by atoms with van der Waals surface area (Å²) in [4.78, 5) is 8.88. The molecule has 1 N–H and O–H groups in total. The van der Waals surface area contributed by atoms with Crippen LogP contribution in [0.25, 0.3) is 5.69 Å². The van der Waals surface area contributed by atoms with Crippen LogP contribution >= 0.6 is 0 Å². The molecular weight excluding hydrogens is 326 g/mol. The Labute approximate surface area is 154 Å². The SMILES string of the molecule is COCc1nc(C)cc(NCc2cn(-c3ccccc3)nc2C(C)C)n1. The summed E-state index contributed by atoms with van der Waals surface area (Å²) in [6.07, 6.45) is 2.09. The van der Waals surface area contributed by atoms with Crippen LogP contribution in [0, 0.1) is 6.92 Å². The van der Waals surface area contributed by atoms with E-state index in [0.29, 0.717) is 24.9 Å². The van der Waals surface area contributed by atoms with Crippen molar-refractivity contribution < 1.29 is 4.74 Å². The Morgan fingerprint density at radius 3 is 2.62 bits per heavy atom. The standard InChI is InChI=1S/C20H25N5O/c1-14(2)20-16(12-25(24-20)17-8-6-5-7-9-17)11-21-18-10-15(3)22-19(23-18)13-26-4/h5-10,12,14H,11,13H2,1-4H3,(H,21,22,23). The largest absolute Gasteiger partial charge is 0.377 e. The van der Waals surface area contributed by atoms with Crippen LogP contribution in [0.4, 0.5) is 5.82 Å². The van der Waals surface area contributed by atoms with Crippen LogP contribution in [0.3, 0.4) is 0 Å². The van der Waals surface area contributed by atoms with Gasteiger partial charge in [-0.15, -0.1) is 0 Å². The van der Waals surface area contributed by atoms with E-state index in [1.165, 1.54) is 0 Å². The lowest BCUT2D eigenvalue weighted by Gasteiger charge is -2.09. The summed E-state index contributed by atoms with van der Waals surface area (Å²) in [6.45, 7) is 7.33. The zero-order valence-electron chi connectivity index (χ0n) is 15.7. The van der Waals surface area contributed by atoms with E-state index in [4.69, 9.17) is 9.84 Å². The Morgan fingerprint density at radius 2 is 1.92 bits per heavy atom. The molecule has 0 aliphatic rings. The second-order valence-electron chi connectivity index (χ2n) is 6.57. The number of hydrogen-bond donors (Lipinski definition) is 1. The molecule has 6 heteroatoms. The first-order valence-corrected chi connectivity index (χ1v) is 8.78. The molecule has 0 radical (unpaired) electrons. The molecule has 0 bridgehead atoms. The molecule has 0 amide bonds. The van der Waals surface area contributed by atoms with Gasteiger partial charge in [-0.2, -0.15) is 5.10 Å². The lowest BCUT2D eigenvalue weighted by molar-refractivity contribution is 0.177. The number of benzene rings is 1. The topological polar surface area (TPSA) is 64.9 Å². The Balaban J connectivity index is 1.82. The molecule has 6 nitrogen and oxygen atoms in total. The highest BCUT2D eigenvalue weighted by atomic mass is 16.5. The van der Waals surface area contributed by atoms with Gasteiger partial charge in [0.05, 0.1) is 11.4 Å². The van der Waals surface area contributed by atoms with Crippen LogP contribution in [0.1, 0.15) is 42.5 Å². The summed E-state index contributed by atoms with van der Waals surface area (Å²) in [5.41, 5.74) is 4.22. The highest BCUT2D eigenvalue weighted by Crippen LogP contribution is 2.21. The van der Waals surface area contributed by atoms with Gasteiger partial charge in [-0.05, 0) is 25.0 Å². The van der Waals surface area contributed by atoms with Crippen molar-refractivity contribution in [3.63, 3.8) is 0 Å². The molecule has 2 heterocycles. The number of aromatic nitrogens is 4. The van der Waals surface area contributed by atoms with E-state index in [1.807, 2.05) is 35.9 Å². The Morgan fingerprint density at radius 1 is 1.15 bits per heavy atom. The van der Waals surface area contributed by atoms with Crippen LogP contribution in [-0.2, 0) is 17.9 Å². The zero-order valence-corrected chi connectivity index (χ0v) is 15.7. The van der Waals surface area contributed by atoms with Gasteiger partial charge < -0.3 is 10.1 Å². The summed E-state index contributed by atoms with van der Waals surface area (Å²) in [6, 6.07) is 12.1. The number of nitrogens with zero attached hydrogens (tertiary/aromatic N) is 4. The predicted octanol–water partition coefficient (Wildman–Crippen LogP) is 3.85. The third-order valence-electron chi connectivity index (χ3n) is 4.02. The molecular formula is C20H25N5O. The van der Waals surface area contributed by atoms with Crippen LogP contribution in [-0.4, -0.2) is 26.9 Å². The van der Waals surface area contributed by atoms with Gasteiger partial charge in [0.25, 0.3) is 0 Å². The first-order valence-electron chi connectivity index (χ1n) is 8.78. The molecule has 26 heavy (non-hydrogen) atoms. The van der Waals surface area contributed by atoms with Crippen molar-refractivity contribution in [1.82, 2.24) is 19.7 Å². The molecule has 0 saturated carbocycles. The number of methoxy groups -OCH3 is 1. The molecule has 0 saturated heterocycles. The number of anilines is 1. The van der Waals surface area contributed by atoms with Gasteiger partial charge in [-0.1, -0.05) is 32.0 Å². The summed E-state index contributed by atoms with van der Waals surface area (Å²) in [7, 11) is 1.64. The van der Waals surface area contributed by atoms with Gasteiger partial charge in [-0.25, -0.2) is 14.6 Å². The summed E-state index contributed by atoms with van der Waals surface area (Å²) in [5, 5.41) is 8.18.